The molecule has 78 valence electrons. The van der Waals surface area contributed by atoms with Gasteiger partial charge < -0.3 is 0 Å². The van der Waals surface area contributed by atoms with Crippen molar-refractivity contribution in [1.29, 1.82) is 0 Å². The summed E-state index contributed by atoms with van der Waals surface area (Å²) in [7, 11) is 0. The predicted octanol–water partition coefficient (Wildman–Crippen LogP) is 3.51. The van der Waals surface area contributed by atoms with E-state index in [1.165, 1.54) is 0 Å². The second-order valence-corrected chi connectivity index (χ2v) is 4.63. The molecule has 0 radical (unpaired) electrons. The van der Waals surface area contributed by atoms with Crippen molar-refractivity contribution >= 4 is 5.78 Å². The Labute approximate surface area is 86.9 Å². The summed E-state index contributed by atoms with van der Waals surface area (Å²) in [6, 6.07) is 0. The predicted molar refractivity (Wildman–Crippen MR) is 60.1 cm³/mol. The van der Waals surface area contributed by atoms with Crippen molar-refractivity contribution in [2.75, 3.05) is 0 Å². The highest BCUT2D eigenvalue weighted by Crippen LogP contribution is 2.43. The van der Waals surface area contributed by atoms with E-state index in [1.54, 1.807) is 0 Å². The van der Waals surface area contributed by atoms with Crippen LogP contribution in [-0.4, -0.2) is 5.78 Å². The van der Waals surface area contributed by atoms with Gasteiger partial charge in [-0.2, -0.15) is 0 Å². The van der Waals surface area contributed by atoms with Crippen LogP contribution in [0.1, 0.15) is 39.5 Å². The average molecular weight is 192 g/mol. The Morgan fingerprint density at radius 3 is 2.79 bits per heavy atom. The lowest BCUT2D eigenvalue weighted by Gasteiger charge is -2.38. The summed E-state index contributed by atoms with van der Waals surface area (Å²) in [5, 5.41) is 0. The van der Waals surface area contributed by atoms with Crippen molar-refractivity contribution in [1.82, 2.24) is 0 Å². The van der Waals surface area contributed by atoms with Gasteiger partial charge in [-0.3, -0.25) is 4.79 Å². The SMILES string of the molecule is C=CCC1(C(=C)C)CCC(C)CC1=O. The molecule has 14 heavy (non-hydrogen) atoms. The molecule has 0 aromatic carbocycles. The Bertz CT molecular complexity index is 264. The maximum atomic E-state index is 12.0. The fourth-order valence-electron chi connectivity index (χ4n) is 2.33. The summed E-state index contributed by atoms with van der Waals surface area (Å²) in [6.07, 6.45) is 5.40. The van der Waals surface area contributed by atoms with Crippen LogP contribution in [0.4, 0.5) is 0 Å². The summed E-state index contributed by atoms with van der Waals surface area (Å²) in [6.45, 7) is 11.8. The van der Waals surface area contributed by atoms with Crippen molar-refractivity contribution in [3.8, 4) is 0 Å². The molecule has 2 atom stereocenters. The van der Waals surface area contributed by atoms with Crippen LogP contribution < -0.4 is 0 Å². The van der Waals surface area contributed by atoms with Crippen molar-refractivity contribution in [2.24, 2.45) is 11.3 Å². The van der Waals surface area contributed by atoms with E-state index in [4.69, 9.17) is 0 Å². The quantitative estimate of drug-likeness (QED) is 0.625. The number of rotatable bonds is 3. The third kappa shape index (κ3) is 1.82. The molecule has 0 aromatic rings. The summed E-state index contributed by atoms with van der Waals surface area (Å²) in [4.78, 5) is 12.0. The van der Waals surface area contributed by atoms with Crippen LogP contribution in [0.2, 0.25) is 0 Å². The molecule has 0 saturated heterocycles. The van der Waals surface area contributed by atoms with Crippen molar-refractivity contribution in [3.05, 3.63) is 24.8 Å². The molecule has 2 unspecified atom stereocenters. The van der Waals surface area contributed by atoms with Crippen LogP contribution in [0.3, 0.4) is 0 Å². The molecule has 0 heterocycles. The van der Waals surface area contributed by atoms with Gasteiger partial charge in [0.15, 0.2) is 0 Å². The maximum Gasteiger partial charge on any atom is 0.143 e. The zero-order valence-corrected chi connectivity index (χ0v) is 9.31. The highest BCUT2D eigenvalue weighted by Gasteiger charge is 2.41. The van der Waals surface area contributed by atoms with Crippen LogP contribution >= 0.6 is 0 Å². The van der Waals surface area contributed by atoms with Gasteiger partial charge in [0.05, 0.1) is 5.41 Å². The zero-order valence-electron chi connectivity index (χ0n) is 9.31. The molecule has 0 aliphatic heterocycles. The number of hydrogen-bond acceptors (Lipinski definition) is 1. The first-order valence-electron chi connectivity index (χ1n) is 5.33. The lowest BCUT2D eigenvalue weighted by Crippen LogP contribution is -2.37. The molecule has 0 amide bonds. The molecule has 0 spiro atoms. The Morgan fingerprint density at radius 2 is 2.36 bits per heavy atom. The lowest BCUT2D eigenvalue weighted by molar-refractivity contribution is -0.130. The molecule has 1 saturated carbocycles. The van der Waals surface area contributed by atoms with Crippen LogP contribution in [0.5, 0.6) is 0 Å². The summed E-state index contributed by atoms with van der Waals surface area (Å²) >= 11 is 0. The average Bonchev–Trinajstić information content (AvgIpc) is 2.10. The zero-order chi connectivity index (χ0) is 10.8. The molecule has 1 aliphatic carbocycles. The molecule has 0 aromatic heterocycles. The van der Waals surface area contributed by atoms with E-state index in [-0.39, 0.29) is 5.41 Å². The van der Waals surface area contributed by atoms with E-state index in [2.05, 4.69) is 20.1 Å². The Hall–Kier alpha value is -0.850. The Morgan fingerprint density at radius 1 is 1.71 bits per heavy atom. The maximum absolute atomic E-state index is 12.0. The Kier molecular flexibility index (Phi) is 3.30. The van der Waals surface area contributed by atoms with Crippen molar-refractivity contribution < 1.29 is 4.79 Å². The van der Waals surface area contributed by atoms with Gasteiger partial charge in [0.1, 0.15) is 5.78 Å². The van der Waals surface area contributed by atoms with Crippen molar-refractivity contribution in [2.45, 2.75) is 39.5 Å². The number of Topliss-reactive ketones (excluding diaryl/α,β-unsaturated/α-hetero) is 1. The normalized spacial score (nSPS) is 32.7. The fourth-order valence-corrected chi connectivity index (χ4v) is 2.33. The monoisotopic (exact) mass is 192 g/mol. The highest BCUT2D eigenvalue weighted by atomic mass is 16.1. The molecule has 0 bridgehead atoms. The topological polar surface area (TPSA) is 17.1 Å². The number of carbonyl (C=O) groups is 1. The van der Waals surface area contributed by atoms with Gasteiger partial charge in [-0.1, -0.05) is 25.2 Å². The molecule has 1 nitrogen and oxygen atoms in total. The van der Waals surface area contributed by atoms with E-state index < -0.39 is 0 Å². The summed E-state index contributed by atoms with van der Waals surface area (Å²) in [5.41, 5.74) is 0.725. The minimum absolute atomic E-state index is 0.283. The molecular formula is C13H20O. The minimum atomic E-state index is -0.283. The molecular weight excluding hydrogens is 172 g/mol. The van der Waals surface area contributed by atoms with Gasteiger partial charge >= 0.3 is 0 Å². The third-order valence-corrected chi connectivity index (χ3v) is 3.44. The van der Waals surface area contributed by atoms with Gasteiger partial charge in [0.2, 0.25) is 0 Å². The number of carbonyl (C=O) groups excluding carboxylic acids is 1. The second-order valence-electron chi connectivity index (χ2n) is 4.63. The molecule has 0 N–H and O–H groups in total. The first-order valence-corrected chi connectivity index (χ1v) is 5.33. The standard InChI is InChI=1S/C13H20O/c1-5-7-13(10(2)3)8-6-11(4)9-12(13)14/h5,11H,1-2,6-9H2,3-4H3. The third-order valence-electron chi connectivity index (χ3n) is 3.44. The van der Waals surface area contributed by atoms with E-state index in [0.717, 1.165) is 24.8 Å². The van der Waals surface area contributed by atoms with E-state index in [9.17, 15) is 4.79 Å². The summed E-state index contributed by atoms with van der Waals surface area (Å²) in [5.74, 6) is 0.906. The van der Waals surface area contributed by atoms with E-state index >= 15 is 0 Å². The lowest BCUT2D eigenvalue weighted by atomic mass is 9.64. The number of ketones is 1. The fraction of sp³-hybridized carbons (Fsp3) is 0.615. The van der Waals surface area contributed by atoms with E-state index in [1.807, 2.05) is 13.0 Å². The summed E-state index contributed by atoms with van der Waals surface area (Å²) < 4.78 is 0. The Balaban J connectivity index is 2.92. The van der Waals surface area contributed by atoms with Gasteiger partial charge in [0.25, 0.3) is 0 Å². The molecule has 1 fully saturated rings. The van der Waals surface area contributed by atoms with Gasteiger partial charge in [-0.25, -0.2) is 0 Å². The van der Waals surface area contributed by atoms with Crippen LogP contribution in [0.15, 0.2) is 24.8 Å². The smallest absolute Gasteiger partial charge is 0.143 e. The largest absolute Gasteiger partial charge is 0.299 e. The molecule has 1 rings (SSSR count). The molecule has 1 heteroatoms. The molecule has 1 aliphatic rings. The van der Waals surface area contributed by atoms with Crippen LogP contribution in [0.25, 0.3) is 0 Å². The first kappa shape index (κ1) is 11.2. The highest BCUT2D eigenvalue weighted by molar-refractivity contribution is 5.88. The number of hydrogen-bond donors (Lipinski definition) is 0. The minimum Gasteiger partial charge on any atom is -0.299 e. The van der Waals surface area contributed by atoms with Crippen molar-refractivity contribution in [3.63, 3.8) is 0 Å². The van der Waals surface area contributed by atoms with Crippen LogP contribution in [-0.2, 0) is 4.79 Å². The first-order chi connectivity index (χ1) is 6.53. The number of allylic oxidation sites excluding steroid dienone is 2. The van der Waals surface area contributed by atoms with Crippen LogP contribution in [0, 0.1) is 11.3 Å². The van der Waals surface area contributed by atoms with E-state index in [0.29, 0.717) is 18.1 Å². The van der Waals surface area contributed by atoms with Gasteiger partial charge in [0, 0.05) is 6.42 Å². The second kappa shape index (κ2) is 4.12. The van der Waals surface area contributed by atoms with Gasteiger partial charge in [-0.15, -0.1) is 6.58 Å². The van der Waals surface area contributed by atoms with Gasteiger partial charge in [-0.05, 0) is 32.1 Å².